The van der Waals surface area contributed by atoms with Crippen LogP contribution in [0.5, 0.6) is 5.75 Å². The summed E-state index contributed by atoms with van der Waals surface area (Å²) >= 11 is 0. The van der Waals surface area contributed by atoms with Crippen molar-refractivity contribution in [2.24, 2.45) is 17.1 Å². The summed E-state index contributed by atoms with van der Waals surface area (Å²) in [5.41, 5.74) is 6.98. The molecule has 2 nitrogen and oxygen atoms in total. The normalized spacial score (nSPS) is 27.2. The van der Waals surface area contributed by atoms with Crippen LogP contribution in [0.25, 0.3) is 0 Å². The van der Waals surface area contributed by atoms with E-state index in [0.717, 1.165) is 25.7 Å². The number of halogens is 1. The van der Waals surface area contributed by atoms with Gasteiger partial charge in [0.25, 0.3) is 0 Å². The van der Waals surface area contributed by atoms with Crippen molar-refractivity contribution in [2.75, 3.05) is 7.11 Å². The van der Waals surface area contributed by atoms with E-state index in [1.54, 1.807) is 19.2 Å². The fourth-order valence-corrected chi connectivity index (χ4v) is 3.53. The second kappa shape index (κ2) is 5.96. The van der Waals surface area contributed by atoms with Crippen LogP contribution in [0.3, 0.4) is 0 Å². The quantitative estimate of drug-likeness (QED) is 0.808. The molecule has 1 aliphatic rings. The second-order valence-corrected chi connectivity index (χ2v) is 7.50. The number of nitrogens with two attached hydrogens (primary N) is 1. The van der Waals surface area contributed by atoms with Crippen LogP contribution in [-0.2, 0) is 5.54 Å². The van der Waals surface area contributed by atoms with Gasteiger partial charge in [0.05, 0.1) is 7.11 Å². The first-order valence-corrected chi connectivity index (χ1v) is 7.89. The first-order chi connectivity index (χ1) is 9.76. The lowest BCUT2D eigenvalue weighted by molar-refractivity contribution is 0.210. The molecule has 2 N–H and O–H groups in total. The molecule has 21 heavy (non-hydrogen) atoms. The van der Waals surface area contributed by atoms with Crippen LogP contribution in [0, 0.1) is 17.2 Å². The molecule has 1 aliphatic carbocycles. The van der Waals surface area contributed by atoms with Gasteiger partial charge in [-0.05, 0) is 43.1 Å². The molecule has 0 radical (unpaired) electrons. The molecule has 2 rings (SSSR count). The Kier molecular flexibility index (Phi) is 4.62. The van der Waals surface area contributed by atoms with Crippen LogP contribution in [0.15, 0.2) is 18.2 Å². The van der Waals surface area contributed by atoms with Gasteiger partial charge in [-0.25, -0.2) is 4.39 Å². The molecule has 1 fully saturated rings. The highest BCUT2D eigenvalue weighted by Crippen LogP contribution is 2.43. The summed E-state index contributed by atoms with van der Waals surface area (Å²) in [5, 5.41) is 0. The van der Waals surface area contributed by atoms with Gasteiger partial charge in [-0.15, -0.1) is 0 Å². The van der Waals surface area contributed by atoms with Crippen molar-refractivity contribution in [2.45, 2.75) is 58.4 Å². The number of hydrogen-bond donors (Lipinski definition) is 1. The van der Waals surface area contributed by atoms with Crippen LogP contribution < -0.4 is 10.5 Å². The van der Waals surface area contributed by atoms with Gasteiger partial charge in [0.15, 0.2) is 0 Å². The van der Waals surface area contributed by atoms with E-state index in [1.807, 2.05) is 0 Å². The maximum Gasteiger partial charge on any atom is 0.131 e. The molecule has 1 aromatic carbocycles. The number of ether oxygens (including phenoxy) is 1. The van der Waals surface area contributed by atoms with Crippen LogP contribution in [-0.4, -0.2) is 7.11 Å². The Morgan fingerprint density at radius 1 is 1.24 bits per heavy atom. The molecular formula is C18H28FNO. The maximum absolute atomic E-state index is 14.4. The Balaban J connectivity index is 2.23. The zero-order valence-corrected chi connectivity index (χ0v) is 13.7. The topological polar surface area (TPSA) is 35.2 Å². The van der Waals surface area contributed by atoms with Gasteiger partial charge >= 0.3 is 0 Å². The highest BCUT2D eigenvalue weighted by Gasteiger charge is 2.36. The molecule has 118 valence electrons. The third kappa shape index (κ3) is 3.57. The van der Waals surface area contributed by atoms with Gasteiger partial charge in [-0.2, -0.15) is 0 Å². The molecule has 0 heterocycles. The van der Waals surface area contributed by atoms with Gasteiger partial charge in [0, 0.05) is 17.2 Å². The van der Waals surface area contributed by atoms with Crippen molar-refractivity contribution in [3.05, 3.63) is 29.6 Å². The summed E-state index contributed by atoms with van der Waals surface area (Å²) < 4.78 is 19.4. The van der Waals surface area contributed by atoms with Gasteiger partial charge in [0.2, 0.25) is 0 Å². The Hall–Kier alpha value is -1.09. The molecule has 2 atom stereocenters. The first kappa shape index (κ1) is 16.3. The van der Waals surface area contributed by atoms with Crippen molar-refractivity contribution in [3.63, 3.8) is 0 Å². The van der Waals surface area contributed by atoms with E-state index in [2.05, 4.69) is 20.8 Å². The van der Waals surface area contributed by atoms with E-state index in [9.17, 15) is 4.39 Å². The molecule has 0 aromatic heterocycles. The average Bonchev–Trinajstić information content (AvgIpc) is 2.60. The fourth-order valence-electron chi connectivity index (χ4n) is 3.53. The molecule has 3 heteroatoms. The highest BCUT2D eigenvalue weighted by molar-refractivity contribution is 5.33. The number of benzene rings is 1. The van der Waals surface area contributed by atoms with Gasteiger partial charge in [0.1, 0.15) is 11.6 Å². The smallest absolute Gasteiger partial charge is 0.131 e. The lowest BCUT2D eigenvalue weighted by atomic mass is 9.75. The number of rotatable bonds is 2. The van der Waals surface area contributed by atoms with Crippen molar-refractivity contribution >= 4 is 0 Å². The lowest BCUT2D eigenvalue weighted by Crippen LogP contribution is -2.37. The SMILES string of the molecule is COc1ccc(C2(N)CCCC(C(C)(C)C)CC2)c(F)c1. The summed E-state index contributed by atoms with van der Waals surface area (Å²) in [7, 11) is 1.55. The maximum atomic E-state index is 14.4. The molecule has 1 aromatic rings. The van der Waals surface area contributed by atoms with Crippen LogP contribution in [0.4, 0.5) is 4.39 Å². The largest absolute Gasteiger partial charge is 0.497 e. The average molecular weight is 293 g/mol. The van der Waals surface area contributed by atoms with Crippen molar-refractivity contribution in [1.29, 1.82) is 0 Å². The van der Waals surface area contributed by atoms with E-state index in [0.29, 0.717) is 22.6 Å². The van der Waals surface area contributed by atoms with Crippen molar-refractivity contribution < 1.29 is 9.13 Å². The zero-order valence-electron chi connectivity index (χ0n) is 13.7. The molecule has 0 bridgehead atoms. The highest BCUT2D eigenvalue weighted by atomic mass is 19.1. The summed E-state index contributed by atoms with van der Waals surface area (Å²) in [6, 6.07) is 5.04. The Morgan fingerprint density at radius 3 is 2.52 bits per heavy atom. The molecule has 2 unspecified atom stereocenters. The third-order valence-corrected chi connectivity index (χ3v) is 5.05. The van der Waals surface area contributed by atoms with E-state index in [-0.39, 0.29) is 5.82 Å². The third-order valence-electron chi connectivity index (χ3n) is 5.05. The van der Waals surface area contributed by atoms with Gasteiger partial charge in [-0.3, -0.25) is 0 Å². The van der Waals surface area contributed by atoms with E-state index in [4.69, 9.17) is 10.5 Å². The molecule has 0 saturated heterocycles. The Morgan fingerprint density at radius 2 is 1.95 bits per heavy atom. The molecule has 0 aliphatic heterocycles. The predicted molar refractivity (Wildman–Crippen MR) is 84.8 cm³/mol. The Labute approximate surface area is 127 Å². The van der Waals surface area contributed by atoms with Gasteiger partial charge in [-0.1, -0.05) is 33.3 Å². The monoisotopic (exact) mass is 293 g/mol. The summed E-state index contributed by atoms with van der Waals surface area (Å²) in [6.45, 7) is 6.86. The molecule has 1 saturated carbocycles. The van der Waals surface area contributed by atoms with E-state index >= 15 is 0 Å². The molecule has 0 spiro atoms. The van der Waals surface area contributed by atoms with E-state index < -0.39 is 5.54 Å². The molecular weight excluding hydrogens is 265 g/mol. The van der Waals surface area contributed by atoms with Gasteiger partial charge < -0.3 is 10.5 Å². The first-order valence-electron chi connectivity index (χ1n) is 7.89. The minimum absolute atomic E-state index is 0.244. The van der Waals surface area contributed by atoms with Crippen LogP contribution in [0.1, 0.15) is 58.4 Å². The standard InChI is InChI=1S/C18H28FNO/c1-17(2,3)13-6-5-10-18(20,11-9-13)15-8-7-14(21-4)12-16(15)19/h7-8,12-13H,5-6,9-11,20H2,1-4H3. The van der Waals surface area contributed by atoms with Crippen LogP contribution in [0.2, 0.25) is 0 Å². The van der Waals surface area contributed by atoms with Crippen molar-refractivity contribution in [1.82, 2.24) is 0 Å². The van der Waals surface area contributed by atoms with Crippen LogP contribution >= 0.6 is 0 Å². The fraction of sp³-hybridized carbons (Fsp3) is 0.667. The second-order valence-electron chi connectivity index (χ2n) is 7.50. The Bertz CT molecular complexity index is 494. The minimum Gasteiger partial charge on any atom is -0.497 e. The number of methoxy groups -OCH3 is 1. The summed E-state index contributed by atoms with van der Waals surface area (Å²) in [4.78, 5) is 0. The predicted octanol–water partition coefficient (Wildman–Crippen LogP) is 4.61. The van der Waals surface area contributed by atoms with Crippen molar-refractivity contribution in [3.8, 4) is 5.75 Å². The minimum atomic E-state index is -0.545. The summed E-state index contributed by atoms with van der Waals surface area (Å²) in [5.74, 6) is 0.955. The lowest BCUT2D eigenvalue weighted by Gasteiger charge is -2.32. The van der Waals surface area contributed by atoms with E-state index in [1.165, 1.54) is 12.5 Å². The molecule has 0 amide bonds. The summed E-state index contributed by atoms with van der Waals surface area (Å²) in [6.07, 6.45) is 5.00. The number of hydrogen-bond acceptors (Lipinski definition) is 2. The zero-order chi connectivity index (χ0) is 15.7.